The molecule has 4 N–H and O–H groups in total. The molecule has 0 aliphatic heterocycles. The van der Waals surface area contributed by atoms with Gasteiger partial charge in [-0.15, -0.1) is 0 Å². The summed E-state index contributed by atoms with van der Waals surface area (Å²) in [5.74, 6) is 2.18. The van der Waals surface area contributed by atoms with Crippen molar-refractivity contribution in [3.63, 3.8) is 0 Å². The normalized spacial score (nSPS) is 42.0. The van der Waals surface area contributed by atoms with Gasteiger partial charge in [0.1, 0.15) is 0 Å². The van der Waals surface area contributed by atoms with Crippen LogP contribution in [0.4, 0.5) is 0 Å². The highest BCUT2D eigenvalue weighted by Gasteiger charge is 2.65. The minimum Gasteiger partial charge on any atom is -0.393 e. The average molecular weight is 564 g/mol. The maximum absolute atomic E-state index is 12.7. The van der Waals surface area contributed by atoms with E-state index in [0.29, 0.717) is 36.0 Å². The molecule has 40 heavy (non-hydrogen) atoms. The number of amides is 1. The van der Waals surface area contributed by atoms with Gasteiger partial charge < -0.3 is 25.1 Å². The summed E-state index contributed by atoms with van der Waals surface area (Å²) in [5, 5.41) is 36.8. The number of hydrogen-bond acceptors (Lipinski definition) is 4. The van der Waals surface area contributed by atoms with Gasteiger partial charge in [0.15, 0.2) is 0 Å². The van der Waals surface area contributed by atoms with Gasteiger partial charge in [0.25, 0.3) is 0 Å². The number of carbonyl (C=O) groups excluding carboxylic acids is 1. The number of quaternary nitrogens is 1. The molecular weight excluding hydrogens is 500 g/mol. The van der Waals surface area contributed by atoms with Gasteiger partial charge in [0.05, 0.1) is 45.5 Å². The van der Waals surface area contributed by atoms with Crippen LogP contribution in [0, 0.1) is 46.3 Å². The zero-order chi connectivity index (χ0) is 29.3. The first-order chi connectivity index (χ1) is 18.8. The molecule has 0 aromatic rings. The van der Waals surface area contributed by atoms with Crippen molar-refractivity contribution in [2.75, 3.05) is 33.7 Å². The molecule has 0 aromatic heterocycles. The zero-order valence-electron chi connectivity index (χ0n) is 26.7. The van der Waals surface area contributed by atoms with Gasteiger partial charge in [0, 0.05) is 19.4 Å². The van der Waals surface area contributed by atoms with Crippen molar-refractivity contribution in [3.05, 3.63) is 0 Å². The third-order valence-electron chi connectivity index (χ3n) is 13.0. The summed E-state index contributed by atoms with van der Waals surface area (Å²) in [5.41, 5.74) is -0.0898. The molecule has 0 saturated heterocycles. The van der Waals surface area contributed by atoms with Gasteiger partial charge in [-0.2, -0.15) is 0 Å². The van der Waals surface area contributed by atoms with E-state index < -0.39 is 0 Å². The molecule has 6 nitrogen and oxygen atoms in total. The number of unbranched alkanes of at least 4 members (excludes halogenated alkanes) is 2. The van der Waals surface area contributed by atoms with Crippen LogP contribution in [0.25, 0.3) is 0 Å². The Morgan fingerprint density at radius 2 is 1.70 bits per heavy atom. The molecule has 4 rings (SSSR count). The number of aliphatic hydroxyl groups excluding tert-OH is 3. The van der Waals surface area contributed by atoms with E-state index in [2.05, 4.69) is 47.1 Å². The van der Waals surface area contributed by atoms with Crippen LogP contribution in [0.3, 0.4) is 0 Å². The highest BCUT2D eigenvalue weighted by molar-refractivity contribution is 5.75. The number of aliphatic hydroxyl groups is 3. The molecule has 1 amide bonds. The van der Waals surface area contributed by atoms with Crippen molar-refractivity contribution in [3.8, 4) is 0 Å². The first-order valence-corrected chi connectivity index (χ1v) is 17.0. The molecule has 4 aliphatic rings. The molecule has 0 spiro atoms. The first-order valence-electron chi connectivity index (χ1n) is 17.0. The summed E-state index contributed by atoms with van der Waals surface area (Å²) < 4.78 is 1.02. The third kappa shape index (κ3) is 6.45. The maximum Gasteiger partial charge on any atom is 0.220 e. The standard InChI is InChI=1S/C34H62N2O4/c1-7-8-9-18-36(5,6)19-10-17-35-31(40)14-11-23(2)26-12-13-27-32-28(22-30(39)34(26,27)4)33(3)16-15-25(37)20-24(33)21-29(32)38/h23-30,32,37-39H,7-22H2,1-6H3/p+1/t23-,24?,25-,26-,27?,28?,29?,30+,32?,33+,34-/m1/s1. The molecule has 6 heteroatoms. The van der Waals surface area contributed by atoms with Gasteiger partial charge in [-0.25, -0.2) is 0 Å². The van der Waals surface area contributed by atoms with Crippen LogP contribution >= 0.6 is 0 Å². The van der Waals surface area contributed by atoms with Crippen molar-refractivity contribution >= 4 is 5.91 Å². The minimum atomic E-state index is -0.365. The summed E-state index contributed by atoms with van der Waals surface area (Å²) in [4.78, 5) is 12.7. The highest BCUT2D eigenvalue weighted by atomic mass is 16.3. The van der Waals surface area contributed by atoms with E-state index in [0.717, 1.165) is 75.4 Å². The fraction of sp³-hybridized carbons (Fsp3) is 0.971. The second kappa shape index (κ2) is 12.9. The molecule has 0 radical (unpaired) electrons. The lowest BCUT2D eigenvalue weighted by atomic mass is 9.43. The van der Waals surface area contributed by atoms with E-state index in [1.165, 1.54) is 25.8 Å². The Balaban J connectivity index is 1.29. The van der Waals surface area contributed by atoms with Gasteiger partial charge in [-0.05, 0) is 111 Å². The molecule has 232 valence electrons. The van der Waals surface area contributed by atoms with Crippen molar-refractivity contribution in [2.24, 2.45) is 46.3 Å². The Labute approximate surface area is 245 Å². The SMILES string of the molecule is CCCCC[N+](C)(C)CCCNC(=O)CC[C@@H](C)[C@H]1CCC2C3C(O)CC4C[C@H](O)CC[C@]4(C)C3C[C@H](O)[C@@]21C. The number of fused-ring (bicyclic) bond motifs is 5. The molecule has 5 unspecified atom stereocenters. The van der Waals surface area contributed by atoms with Crippen LogP contribution in [-0.4, -0.2) is 77.8 Å². The van der Waals surface area contributed by atoms with Crippen LogP contribution in [0.2, 0.25) is 0 Å². The fourth-order valence-electron chi connectivity index (χ4n) is 10.4. The molecule has 4 aliphatic carbocycles. The Bertz CT molecular complexity index is 850. The third-order valence-corrected chi connectivity index (χ3v) is 13.0. The van der Waals surface area contributed by atoms with Crippen LogP contribution in [0.1, 0.15) is 111 Å². The number of nitrogens with one attached hydrogen (secondary N) is 1. The van der Waals surface area contributed by atoms with E-state index in [1.807, 2.05) is 0 Å². The summed E-state index contributed by atoms with van der Waals surface area (Å²) in [6, 6.07) is 0. The summed E-state index contributed by atoms with van der Waals surface area (Å²) in [6.45, 7) is 12.3. The zero-order valence-corrected chi connectivity index (χ0v) is 26.7. The number of rotatable bonds is 12. The first kappa shape index (κ1) is 32.2. The summed E-state index contributed by atoms with van der Waals surface area (Å²) in [6.07, 6.45) is 11.7. The predicted molar refractivity (Wildman–Crippen MR) is 161 cm³/mol. The van der Waals surface area contributed by atoms with Crippen LogP contribution in [-0.2, 0) is 4.79 Å². The highest BCUT2D eigenvalue weighted by Crippen LogP contribution is 2.68. The van der Waals surface area contributed by atoms with Crippen LogP contribution in [0.15, 0.2) is 0 Å². The lowest BCUT2D eigenvalue weighted by molar-refractivity contribution is -0.890. The van der Waals surface area contributed by atoms with Crippen LogP contribution < -0.4 is 5.32 Å². The smallest absolute Gasteiger partial charge is 0.220 e. The van der Waals surface area contributed by atoms with E-state index in [1.54, 1.807) is 0 Å². The molecule has 4 fully saturated rings. The van der Waals surface area contributed by atoms with Crippen LogP contribution in [0.5, 0.6) is 0 Å². The quantitative estimate of drug-likeness (QED) is 0.196. The largest absolute Gasteiger partial charge is 0.393 e. The van der Waals surface area contributed by atoms with Crippen molar-refractivity contribution in [1.29, 1.82) is 0 Å². The van der Waals surface area contributed by atoms with E-state index in [4.69, 9.17) is 0 Å². The molecule has 4 saturated carbocycles. The van der Waals surface area contributed by atoms with Gasteiger partial charge in [-0.3, -0.25) is 4.79 Å². The molecule has 0 aromatic carbocycles. The lowest BCUT2D eigenvalue weighted by Crippen LogP contribution is -2.62. The Morgan fingerprint density at radius 1 is 0.975 bits per heavy atom. The van der Waals surface area contributed by atoms with E-state index >= 15 is 0 Å². The molecule has 0 heterocycles. The monoisotopic (exact) mass is 563 g/mol. The van der Waals surface area contributed by atoms with Crippen molar-refractivity contribution in [2.45, 2.75) is 129 Å². The topological polar surface area (TPSA) is 89.8 Å². The molecular formula is C34H63N2O4+. The number of hydrogen-bond donors (Lipinski definition) is 4. The Kier molecular flexibility index (Phi) is 10.4. The van der Waals surface area contributed by atoms with E-state index in [-0.39, 0.29) is 41.0 Å². The predicted octanol–water partition coefficient (Wildman–Crippen LogP) is 5.14. The average Bonchev–Trinajstić information content (AvgIpc) is 3.25. The second-order valence-corrected chi connectivity index (χ2v) is 15.8. The van der Waals surface area contributed by atoms with E-state index in [9.17, 15) is 20.1 Å². The fourth-order valence-corrected chi connectivity index (χ4v) is 10.4. The lowest BCUT2D eigenvalue weighted by Gasteiger charge is -2.63. The van der Waals surface area contributed by atoms with Gasteiger partial charge >= 0.3 is 0 Å². The summed E-state index contributed by atoms with van der Waals surface area (Å²) >= 11 is 0. The van der Waals surface area contributed by atoms with Gasteiger partial charge in [-0.1, -0.05) is 34.1 Å². The number of nitrogens with zero attached hydrogens (tertiary/aromatic N) is 1. The molecule has 11 atom stereocenters. The minimum absolute atomic E-state index is 0.108. The Hall–Kier alpha value is -0.690. The van der Waals surface area contributed by atoms with Crippen molar-refractivity contribution < 1.29 is 24.6 Å². The van der Waals surface area contributed by atoms with Crippen molar-refractivity contribution in [1.82, 2.24) is 5.32 Å². The second-order valence-electron chi connectivity index (χ2n) is 15.8. The van der Waals surface area contributed by atoms with Gasteiger partial charge in [0.2, 0.25) is 5.91 Å². The number of carbonyl (C=O) groups is 1. The maximum atomic E-state index is 12.7. The Morgan fingerprint density at radius 3 is 2.42 bits per heavy atom. The summed E-state index contributed by atoms with van der Waals surface area (Å²) in [7, 11) is 4.59. The molecule has 0 bridgehead atoms.